The second-order valence-corrected chi connectivity index (χ2v) is 8.99. The van der Waals surface area contributed by atoms with Crippen LogP contribution in [0.4, 0.5) is 5.69 Å². The van der Waals surface area contributed by atoms with Gasteiger partial charge in [0.1, 0.15) is 5.56 Å². The number of fused-ring (bicyclic) bond motifs is 2. The second-order valence-electron chi connectivity index (χ2n) is 8.99. The van der Waals surface area contributed by atoms with Gasteiger partial charge >= 0.3 is 0 Å². The normalized spacial score (nSPS) is 17.9. The van der Waals surface area contributed by atoms with Crippen molar-refractivity contribution in [2.24, 2.45) is 5.41 Å². The standard InChI is InChI=1S/C23H26N2O3/c1-13-8-14(2)15-6-5-7-25(19(15)9-13)22(28)17-10-16-18(24-21(17)27)11-23(3,4)12-20(16)26/h8-10H,5-7,11-12H2,1-4H3,(H,24,27). The highest BCUT2D eigenvalue weighted by atomic mass is 16.2. The number of hydrogen-bond acceptors (Lipinski definition) is 3. The maximum atomic E-state index is 13.3. The molecule has 0 bridgehead atoms. The van der Waals surface area contributed by atoms with E-state index in [-0.39, 0.29) is 22.7 Å². The summed E-state index contributed by atoms with van der Waals surface area (Å²) < 4.78 is 0. The Morgan fingerprint density at radius 1 is 1.11 bits per heavy atom. The highest BCUT2D eigenvalue weighted by molar-refractivity contribution is 6.08. The maximum Gasteiger partial charge on any atom is 0.263 e. The minimum absolute atomic E-state index is 0.0118. The molecular weight excluding hydrogens is 352 g/mol. The molecule has 2 aliphatic rings. The molecular formula is C23H26N2O3. The minimum Gasteiger partial charge on any atom is -0.325 e. The number of amides is 1. The van der Waals surface area contributed by atoms with E-state index >= 15 is 0 Å². The van der Waals surface area contributed by atoms with Crippen molar-refractivity contribution >= 4 is 17.4 Å². The monoisotopic (exact) mass is 378 g/mol. The Labute approximate surface area is 164 Å². The molecule has 0 saturated carbocycles. The molecule has 5 nitrogen and oxygen atoms in total. The average molecular weight is 378 g/mol. The van der Waals surface area contributed by atoms with Gasteiger partial charge in [-0.3, -0.25) is 14.4 Å². The van der Waals surface area contributed by atoms with E-state index in [1.54, 1.807) is 4.90 Å². The Kier molecular flexibility index (Phi) is 4.29. The van der Waals surface area contributed by atoms with E-state index in [2.05, 4.69) is 18.0 Å². The van der Waals surface area contributed by atoms with Crippen LogP contribution in [0.3, 0.4) is 0 Å². The lowest BCUT2D eigenvalue weighted by atomic mass is 9.75. The number of benzene rings is 1. The predicted molar refractivity (Wildman–Crippen MR) is 109 cm³/mol. The van der Waals surface area contributed by atoms with Crippen molar-refractivity contribution in [2.45, 2.75) is 53.4 Å². The molecule has 1 aliphatic heterocycles. The van der Waals surface area contributed by atoms with E-state index in [1.165, 1.54) is 11.6 Å². The largest absolute Gasteiger partial charge is 0.325 e. The van der Waals surface area contributed by atoms with Gasteiger partial charge < -0.3 is 9.88 Å². The number of anilines is 1. The summed E-state index contributed by atoms with van der Waals surface area (Å²) >= 11 is 0. The Balaban J connectivity index is 1.78. The fraction of sp³-hybridized carbons (Fsp3) is 0.435. The average Bonchev–Trinajstić information content (AvgIpc) is 2.59. The third kappa shape index (κ3) is 3.09. The number of aromatic amines is 1. The van der Waals surface area contributed by atoms with Crippen LogP contribution in [0.5, 0.6) is 0 Å². The number of rotatable bonds is 1. The van der Waals surface area contributed by atoms with Gasteiger partial charge in [0.25, 0.3) is 11.5 Å². The van der Waals surface area contributed by atoms with Gasteiger partial charge in [-0.05, 0) is 67.3 Å². The molecule has 146 valence electrons. The van der Waals surface area contributed by atoms with E-state index in [1.807, 2.05) is 26.8 Å². The maximum absolute atomic E-state index is 13.3. The van der Waals surface area contributed by atoms with E-state index in [4.69, 9.17) is 0 Å². The van der Waals surface area contributed by atoms with Gasteiger partial charge in [0.05, 0.1) is 0 Å². The molecule has 0 unspecified atom stereocenters. The molecule has 4 rings (SSSR count). The van der Waals surface area contributed by atoms with Crippen molar-refractivity contribution in [1.82, 2.24) is 4.98 Å². The van der Waals surface area contributed by atoms with E-state index < -0.39 is 5.56 Å². The number of Topliss-reactive ketones (excluding diaryl/α,β-unsaturated/α-hetero) is 1. The zero-order chi connectivity index (χ0) is 20.2. The number of carbonyl (C=O) groups is 2. The summed E-state index contributed by atoms with van der Waals surface area (Å²) in [6.07, 6.45) is 2.84. The molecule has 1 N–H and O–H groups in total. The van der Waals surface area contributed by atoms with Crippen molar-refractivity contribution in [2.75, 3.05) is 11.4 Å². The first-order valence-corrected chi connectivity index (χ1v) is 9.88. The molecule has 1 aliphatic carbocycles. The van der Waals surface area contributed by atoms with Crippen LogP contribution in [0, 0.1) is 19.3 Å². The number of carbonyl (C=O) groups excluding carboxylic acids is 2. The molecule has 28 heavy (non-hydrogen) atoms. The van der Waals surface area contributed by atoms with Crippen LogP contribution in [-0.2, 0) is 12.8 Å². The van der Waals surface area contributed by atoms with Crippen LogP contribution in [0.15, 0.2) is 23.0 Å². The topological polar surface area (TPSA) is 70.2 Å². The fourth-order valence-electron chi connectivity index (χ4n) is 4.62. The summed E-state index contributed by atoms with van der Waals surface area (Å²) in [7, 11) is 0. The lowest BCUT2D eigenvalue weighted by Crippen LogP contribution is -2.40. The number of nitrogens with one attached hydrogen (secondary N) is 1. The van der Waals surface area contributed by atoms with Crippen molar-refractivity contribution in [3.8, 4) is 0 Å². The van der Waals surface area contributed by atoms with Gasteiger partial charge in [-0.15, -0.1) is 0 Å². The predicted octanol–water partition coefficient (Wildman–Crippen LogP) is 3.74. The van der Waals surface area contributed by atoms with Crippen LogP contribution in [0.25, 0.3) is 0 Å². The van der Waals surface area contributed by atoms with Gasteiger partial charge in [-0.1, -0.05) is 19.9 Å². The molecule has 0 atom stereocenters. The smallest absolute Gasteiger partial charge is 0.263 e. The quantitative estimate of drug-likeness (QED) is 0.822. The van der Waals surface area contributed by atoms with Crippen LogP contribution in [0.1, 0.15) is 69.8 Å². The molecule has 1 aromatic carbocycles. The van der Waals surface area contributed by atoms with Crippen molar-refractivity contribution in [3.05, 3.63) is 62.1 Å². The lowest BCUT2D eigenvalue weighted by molar-refractivity contribution is 0.0910. The first kappa shape index (κ1) is 18.7. The number of nitrogens with zero attached hydrogens (tertiary/aromatic N) is 1. The molecule has 0 fully saturated rings. The van der Waals surface area contributed by atoms with Crippen molar-refractivity contribution in [1.29, 1.82) is 0 Å². The van der Waals surface area contributed by atoms with Crippen LogP contribution >= 0.6 is 0 Å². The third-order valence-electron chi connectivity index (χ3n) is 5.89. The summed E-state index contributed by atoms with van der Waals surface area (Å²) in [6, 6.07) is 5.66. The van der Waals surface area contributed by atoms with Gasteiger partial charge in [0, 0.05) is 29.9 Å². The van der Waals surface area contributed by atoms with E-state index in [0.29, 0.717) is 30.6 Å². The van der Waals surface area contributed by atoms with E-state index in [9.17, 15) is 14.4 Å². The Bertz CT molecular complexity index is 1060. The number of H-pyrrole nitrogens is 1. The van der Waals surface area contributed by atoms with Gasteiger partial charge in [0.2, 0.25) is 0 Å². The second kappa shape index (κ2) is 6.43. The van der Waals surface area contributed by atoms with Crippen molar-refractivity contribution in [3.63, 3.8) is 0 Å². The Morgan fingerprint density at radius 2 is 1.86 bits per heavy atom. The molecule has 0 radical (unpaired) electrons. The van der Waals surface area contributed by atoms with Gasteiger partial charge in [-0.25, -0.2) is 0 Å². The number of ketones is 1. The highest BCUT2D eigenvalue weighted by Gasteiger charge is 2.34. The van der Waals surface area contributed by atoms with Gasteiger partial charge in [0.15, 0.2) is 5.78 Å². The summed E-state index contributed by atoms with van der Waals surface area (Å²) in [5, 5.41) is 0. The summed E-state index contributed by atoms with van der Waals surface area (Å²) in [4.78, 5) is 43.2. The number of pyridine rings is 1. The van der Waals surface area contributed by atoms with Crippen LogP contribution in [0.2, 0.25) is 0 Å². The zero-order valence-electron chi connectivity index (χ0n) is 16.9. The first-order chi connectivity index (χ1) is 13.2. The number of hydrogen-bond donors (Lipinski definition) is 1. The number of aryl methyl sites for hydroxylation is 2. The summed E-state index contributed by atoms with van der Waals surface area (Å²) in [5.74, 6) is -0.338. The zero-order valence-corrected chi connectivity index (χ0v) is 16.9. The summed E-state index contributed by atoms with van der Waals surface area (Å²) in [6.45, 7) is 8.68. The first-order valence-electron chi connectivity index (χ1n) is 9.88. The third-order valence-corrected chi connectivity index (χ3v) is 5.89. The van der Waals surface area contributed by atoms with Gasteiger partial charge in [-0.2, -0.15) is 0 Å². The fourth-order valence-corrected chi connectivity index (χ4v) is 4.62. The van der Waals surface area contributed by atoms with Crippen molar-refractivity contribution < 1.29 is 9.59 Å². The van der Waals surface area contributed by atoms with E-state index in [0.717, 1.165) is 29.7 Å². The Hall–Kier alpha value is -2.69. The molecule has 1 aromatic heterocycles. The SMILES string of the molecule is Cc1cc(C)c2c(c1)N(C(=O)c1cc3c([nH]c1=O)CC(C)(C)CC3=O)CCC2. The molecule has 0 saturated heterocycles. The number of aromatic nitrogens is 1. The van der Waals surface area contributed by atoms with Crippen LogP contribution < -0.4 is 10.5 Å². The van der Waals surface area contributed by atoms with Crippen LogP contribution in [-0.4, -0.2) is 23.2 Å². The molecule has 5 heteroatoms. The molecule has 0 spiro atoms. The lowest BCUT2D eigenvalue weighted by Gasteiger charge is -2.32. The molecule has 1 amide bonds. The minimum atomic E-state index is -0.411. The Morgan fingerprint density at radius 3 is 2.61 bits per heavy atom. The summed E-state index contributed by atoms with van der Waals surface area (Å²) in [5.41, 5.74) is 4.91. The molecule has 2 aromatic rings. The highest BCUT2D eigenvalue weighted by Crippen LogP contribution is 2.35. The molecule has 2 heterocycles.